The van der Waals surface area contributed by atoms with Gasteiger partial charge < -0.3 is 9.84 Å². The van der Waals surface area contributed by atoms with Gasteiger partial charge in [0, 0.05) is 13.1 Å². The van der Waals surface area contributed by atoms with E-state index in [1.165, 1.54) is 24.1 Å². The van der Waals surface area contributed by atoms with E-state index in [0.717, 1.165) is 5.56 Å². The number of ether oxygens (including phenoxy) is 1. The van der Waals surface area contributed by atoms with E-state index in [2.05, 4.69) is 0 Å². The van der Waals surface area contributed by atoms with Gasteiger partial charge in [-0.25, -0.2) is 4.79 Å². The number of carbonyl (C=O) groups is 2. The van der Waals surface area contributed by atoms with Crippen molar-refractivity contribution in [3.63, 3.8) is 0 Å². The van der Waals surface area contributed by atoms with E-state index >= 15 is 0 Å². The van der Waals surface area contributed by atoms with Crippen LogP contribution in [0.15, 0.2) is 48.5 Å². The zero-order valence-corrected chi connectivity index (χ0v) is 11.5. The second-order valence-electron chi connectivity index (χ2n) is 4.46. The maximum Gasteiger partial charge on any atom is 0.414 e. The van der Waals surface area contributed by atoms with Gasteiger partial charge in [-0.05, 0) is 17.7 Å². The minimum absolute atomic E-state index is 0.169. The third-order valence-electron chi connectivity index (χ3n) is 3.01. The van der Waals surface area contributed by atoms with Crippen LogP contribution in [0.2, 0.25) is 0 Å². The molecule has 0 aliphatic heterocycles. The van der Waals surface area contributed by atoms with Gasteiger partial charge in [-0.1, -0.05) is 30.3 Å². The van der Waals surface area contributed by atoms with Crippen molar-refractivity contribution in [2.45, 2.75) is 6.61 Å². The molecular formula is C16H15NO4. The summed E-state index contributed by atoms with van der Waals surface area (Å²) in [5.74, 6) is -0.176. The second-order valence-corrected chi connectivity index (χ2v) is 4.46. The highest BCUT2D eigenvalue weighted by Crippen LogP contribution is 2.23. The highest BCUT2D eigenvalue weighted by molar-refractivity contribution is 5.89. The smallest absolute Gasteiger partial charge is 0.414 e. The predicted octanol–water partition coefficient (Wildman–Crippen LogP) is 2.98. The van der Waals surface area contributed by atoms with Crippen molar-refractivity contribution in [1.29, 1.82) is 0 Å². The highest BCUT2D eigenvalue weighted by Gasteiger charge is 2.14. The second kappa shape index (κ2) is 6.56. The molecule has 108 valence electrons. The molecule has 0 aliphatic rings. The lowest BCUT2D eigenvalue weighted by Crippen LogP contribution is -2.26. The van der Waals surface area contributed by atoms with Gasteiger partial charge in [-0.15, -0.1) is 0 Å². The summed E-state index contributed by atoms with van der Waals surface area (Å²) in [7, 11) is 1.53. The number of anilines is 1. The average Bonchev–Trinajstić information content (AvgIpc) is 2.52. The number of benzene rings is 2. The predicted molar refractivity (Wildman–Crippen MR) is 78.5 cm³/mol. The number of rotatable bonds is 4. The maximum atomic E-state index is 11.9. The number of phenols is 1. The summed E-state index contributed by atoms with van der Waals surface area (Å²) in [6.45, 7) is 0.169. The van der Waals surface area contributed by atoms with Gasteiger partial charge in [0.25, 0.3) is 0 Å². The summed E-state index contributed by atoms with van der Waals surface area (Å²) < 4.78 is 5.18. The lowest BCUT2D eigenvalue weighted by molar-refractivity contribution is 0.112. The quantitative estimate of drug-likeness (QED) is 0.877. The van der Waals surface area contributed by atoms with Crippen LogP contribution in [0.3, 0.4) is 0 Å². The Morgan fingerprint density at radius 1 is 1.24 bits per heavy atom. The number of hydrogen-bond donors (Lipinski definition) is 1. The summed E-state index contributed by atoms with van der Waals surface area (Å²) in [5, 5.41) is 9.62. The van der Waals surface area contributed by atoms with Crippen LogP contribution < -0.4 is 4.90 Å². The Balaban J connectivity index is 2.02. The van der Waals surface area contributed by atoms with Crippen molar-refractivity contribution in [3.8, 4) is 5.75 Å². The molecule has 2 aromatic carbocycles. The highest BCUT2D eigenvalue weighted by atomic mass is 16.6. The number of phenolic OH excluding ortho intramolecular Hbond substituents is 1. The molecule has 0 atom stereocenters. The first kappa shape index (κ1) is 14.6. The maximum absolute atomic E-state index is 11.9. The number of nitrogens with zero attached hydrogens (tertiary/aromatic N) is 1. The first-order valence-corrected chi connectivity index (χ1v) is 6.34. The molecule has 1 N–H and O–H groups in total. The minimum Gasteiger partial charge on any atom is -0.507 e. The largest absolute Gasteiger partial charge is 0.507 e. The number of aldehydes is 1. The van der Waals surface area contributed by atoms with E-state index in [0.29, 0.717) is 12.0 Å². The Bertz CT molecular complexity index is 640. The molecule has 0 saturated heterocycles. The first-order valence-electron chi connectivity index (χ1n) is 6.34. The fourth-order valence-electron chi connectivity index (χ4n) is 1.76. The standard InChI is InChI=1S/C16H15NO4/c1-17(14-8-7-13(10-18)15(19)9-14)16(20)21-11-12-5-3-2-4-6-12/h2-10,19H,11H2,1H3. The summed E-state index contributed by atoms with van der Waals surface area (Å²) in [4.78, 5) is 23.8. The van der Waals surface area contributed by atoms with Crippen LogP contribution in [0.1, 0.15) is 15.9 Å². The minimum atomic E-state index is -0.544. The molecule has 0 aliphatic carbocycles. The molecule has 2 aromatic rings. The van der Waals surface area contributed by atoms with Crippen molar-refractivity contribution in [2.75, 3.05) is 11.9 Å². The molecule has 5 nitrogen and oxygen atoms in total. The topological polar surface area (TPSA) is 66.8 Å². The average molecular weight is 285 g/mol. The lowest BCUT2D eigenvalue weighted by Gasteiger charge is -2.17. The third kappa shape index (κ3) is 3.60. The van der Waals surface area contributed by atoms with Crippen LogP contribution in [-0.2, 0) is 11.3 Å². The molecule has 21 heavy (non-hydrogen) atoms. The van der Waals surface area contributed by atoms with E-state index in [-0.39, 0.29) is 17.9 Å². The van der Waals surface area contributed by atoms with Crippen LogP contribution in [0.5, 0.6) is 5.75 Å². The summed E-state index contributed by atoms with van der Waals surface area (Å²) in [6, 6.07) is 13.7. The molecule has 0 bridgehead atoms. The monoisotopic (exact) mass is 285 g/mol. The Kier molecular flexibility index (Phi) is 4.56. The van der Waals surface area contributed by atoms with Crippen LogP contribution >= 0.6 is 0 Å². The molecule has 5 heteroatoms. The molecule has 0 unspecified atom stereocenters. The SMILES string of the molecule is CN(C(=O)OCc1ccccc1)c1ccc(C=O)c(O)c1. The number of amides is 1. The van der Waals surface area contributed by atoms with Crippen molar-refractivity contribution < 1.29 is 19.4 Å². The number of aromatic hydroxyl groups is 1. The number of hydrogen-bond acceptors (Lipinski definition) is 4. The third-order valence-corrected chi connectivity index (χ3v) is 3.01. The van der Waals surface area contributed by atoms with E-state index in [9.17, 15) is 14.7 Å². The lowest BCUT2D eigenvalue weighted by atomic mass is 10.2. The molecular weight excluding hydrogens is 270 g/mol. The molecule has 0 saturated carbocycles. The fourth-order valence-corrected chi connectivity index (χ4v) is 1.76. The Morgan fingerprint density at radius 2 is 1.95 bits per heavy atom. The molecule has 0 fully saturated rings. The van der Waals surface area contributed by atoms with Gasteiger partial charge in [0.15, 0.2) is 6.29 Å². The zero-order chi connectivity index (χ0) is 15.2. The van der Waals surface area contributed by atoms with Crippen molar-refractivity contribution in [2.24, 2.45) is 0 Å². The van der Waals surface area contributed by atoms with Crippen molar-refractivity contribution in [1.82, 2.24) is 0 Å². The zero-order valence-electron chi connectivity index (χ0n) is 11.5. The summed E-state index contributed by atoms with van der Waals surface area (Å²) in [6.07, 6.45) is 0.00410. The molecule has 2 rings (SSSR count). The molecule has 0 aromatic heterocycles. The normalized spacial score (nSPS) is 9.95. The van der Waals surface area contributed by atoms with Gasteiger partial charge in [0.2, 0.25) is 0 Å². The van der Waals surface area contributed by atoms with Gasteiger partial charge in [0.1, 0.15) is 12.4 Å². The van der Waals surface area contributed by atoms with Crippen LogP contribution in [0.4, 0.5) is 10.5 Å². The first-order chi connectivity index (χ1) is 10.1. The van der Waals surface area contributed by atoms with Crippen molar-refractivity contribution in [3.05, 3.63) is 59.7 Å². The van der Waals surface area contributed by atoms with E-state index in [1.807, 2.05) is 30.3 Å². The van der Waals surface area contributed by atoms with E-state index in [4.69, 9.17) is 4.74 Å². The Hall–Kier alpha value is -2.82. The van der Waals surface area contributed by atoms with Gasteiger partial charge in [-0.3, -0.25) is 9.69 Å². The van der Waals surface area contributed by atoms with Gasteiger partial charge >= 0.3 is 6.09 Å². The van der Waals surface area contributed by atoms with Crippen LogP contribution in [0.25, 0.3) is 0 Å². The van der Waals surface area contributed by atoms with Crippen molar-refractivity contribution >= 4 is 18.1 Å². The van der Waals surface area contributed by atoms with Gasteiger partial charge in [-0.2, -0.15) is 0 Å². The molecule has 1 amide bonds. The number of carbonyl (C=O) groups excluding carboxylic acids is 2. The Labute approximate surface area is 122 Å². The Morgan fingerprint density at radius 3 is 2.57 bits per heavy atom. The fraction of sp³-hybridized carbons (Fsp3) is 0.125. The van der Waals surface area contributed by atoms with E-state index in [1.54, 1.807) is 6.07 Å². The van der Waals surface area contributed by atoms with E-state index < -0.39 is 6.09 Å². The summed E-state index contributed by atoms with van der Waals surface area (Å²) >= 11 is 0. The molecule has 0 radical (unpaired) electrons. The molecule has 0 heterocycles. The van der Waals surface area contributed by atoms with Crippen LogP contribution in [-0.4, -0.2) is 24.5 Å². The summed E-state index contributed by atoms with van der Waals surface area (Å²) in [5.41, 5.74) is 1.50. The molecule has 0 spiro atoms. The van der Waals surface area contributed by atoms with Crippen LogP contribution in [0, 0.1) is 0 Å². The van der Waals surface area contributed by atoms with Gasteiger partial charge in [0.05, 0.1) is 11.3 Å².